The molecule has 8 nitrogen and oxygen atoms in total. The van der Waals surface area contributed by atoms with Crippen molar-refractivity contribution in [1.29, 1.82) is 0 Å². The molecule has 0 aliphatic rings. The van der Waals surface area contributed by atoms with Gasteiger partial charge in [-0.15, -0.1) is 0 Å². The second-order valence-corrected chi connectivity index (χ2v) is 12.6. The summed E-state index contributed by atoms with van der Waals surface area (Å²) >= 11 is 1.61. The zero-order chi connectivity index (χ0) is 32.2. The molecule has 0 fully saturated rings. The summed E-state index contributed by atoms with van der Waals surface area (Å²) in [5, 5.41) is 9.60. The lowest BCUT2D eigenvalue weighted by Gasteiger charge is -2.32. The number of esters is 1. The lowest BCUT2D eigenvalue weighted by Crippen LogP contribution is -2.51. The minimum Gasteiger partial charge on any atom is -0.467 e. The molecule has 3 aromatic carbocycles. The maximum Gasteiger partial charge on any atom is 0.328 e. The standard InChI is InChI=1S/C36H46N4O4S/c1-5-25(2)33(39-34(41)18-17-27-21-37-31-16-9-8-15-30(27)31)23-40(22-28-13-10-12-26-11-6-7-14-29(26)28)24-35(42)38-32(19-20-45-4)36(43)44-3/h6-16,21,25,32-33,37H,5,17-20,22-24H2,1-4H3,(H,38,42)(H,39,41). The summed E-state index contributed by atoms with van der Waals surface area (Å²) in [6.45, 7) is 5.33. The molecule has 3 atom stereocenters. The number of benzene rings is 3. The number of aromatic amines is 1. The van der Waals surface area contributed by atoms with Gasteiger partial charge in [0.05, 0.1) is 13.7 Å². The predicted molar refractivity (Wildman–Crippen MR) is 184 cm³/mol. The molecule has 9 heteroatoms. The van der Waals surface area contributed by atoms with Crippen molar-refractivity contribution in [3.05, 3.63) is 84.1 Å². The summed E-state index contributed by atoms with van der Waals surface area (Å²) in [6.07, 6.45) is 6.32. The Labute approximate surface area is 270 Å². The van der Waals surface area contributed by atoms with E-state index >= 15 is 0 Å². The van der Waals surface area contributed by atoms with Crippen molar-refractivity contribution in [3.8, 4) is 0 Å². The quantitative estimate of drug-likeness (QED) is 0.129. The first-order valence-corrected chi connectivity index (χ1v) is 17.1. The highest BCUT2D eigenvalue weighted by Gasteiger charge is 2.26. The van der Waals surface area contributed by atoms with Gasteiger partial charge in [0.15, 0.2) is 0 Å². The van der Waals surface area contributed by atoms with Crippen LogP contribution >= 0.6 is 11.8 Å². The third-order valence-corrected chi connectivity index (χ3v) is 9.15. The van der Waals surface area contributed by atoms with Gasteiger partial charge in [0, 0.05) is 42.7 Å². The highest BCUT2D eigenvalue weighted by molar-refractivity contribution is 7.98. The Morgan fingerprint density at radius 1 is 0.933 bits per heavy atom. The average Bonchev–Trinajstić information content (AvgIpc) is 3.47. The zero-order valence-electron chi connectivity index (χ0n) is 26.8. The number of aryl methyl sites for hydroxylation is 1. The van der Waals surface area contributed by atoms with Gasteiger partial charge in [0.1, 0.15) is 6.04 Å². The summed E-state index contributed by atoms with van der Waals surface area (Å²) in [5.74, 6) is 0.200. The van der Waals surface area contributed by atoms with E-state index < -0.39 is 12.0 Å². The smallest absolute Gasteiger partial charge is 0.328 e. The molecule has 1 heterocycles. The van der Waals surface area contributed by atoms with Crippen molar-refractivity contribution in [2.75, 3.05) is 32.2 Å². The second kappa shape index (κ2) is 17.0. The molecular weight excluding hydrogens is 584 g/mol. The van der Waals surface area contributed by atoms with E-state index in [2.05, 4.69) is 64.7 Å². The summed E-state index contributed by atoms with van der Waals surface area (Å²) < 4.78 is 4.96. The number of amides is 2. The van der Waals surface area contributed by atoms with E-state index in [1.807, 2.05) is 48.9 Å². The van der Waals surface area contributed by atoms with E-state index in [-0.39, 0.29) is 30.3 Å². The Kier molecular flexibility index (Phi) is 12.9. The molecule has 1 aromatic heterocycles. The normalized spacial score (nSPS) is 13.4. The van der Waals surface area contributed by atoms with Crippen LogP contribution in [0.3, 0.4) is 0 Å². The number of ether oxygens (including phenoxy) is 1. The van der Waals surface area contributed by atoms with Crippen LogP contribution in [-0.2, 0) is 32.1 Å². The first-order chi connectivity index (χ1) is 21.8. The molecule has 3 unspecified atom stereocenters. The van der Waals surface area contributed by atoms with Crippen molar-refractivity contribution >= 4 is 51.2 Å². The summed E-state index contributed by atoms with van der Waals surface area (Å²) in [7, 11) is 1.34. The lowest BCUT2D eigenvalue weighted by molar-refractivity contribution is -0.145. The van der Waals surface area contributed by atoms with Crippen LogP contribution in [0.4, 0.5) is 0 Å². The highest BCUT2D eigenvalue weighted by Crippen LogP contribution is 2.22. The van der Waals surface area contributed by atoms with E-state index in [9.17, 15) is 14.4 Å². The summed E-state index contributed by atoms with van der Waals surface area (Å²) in [5.41, 5.74) is 3.29. The molecule has 2 amide bonds. The fourth-order valence-electron chi connectivity index (χ4n) is 5.72. The van der Waals surface area contributed by atoms with Crippen molar-refractivity contribution in [2.24, 2.45) is 5.92 Å². The molecule has 4 rings (SSSR count). The van der Waals surface area contributed by atoms with Gasteiger partial charge in [0.2, 0.25) is 11.8 Å². The first-order valence-electron chi connectivity index (χ1n) is 15.7. The molecule has 240 valence electrons. The van der Waals surface area contributed by atoms with E-state index in [4.69, 9.17) is 4.74 Å². The number of nitrogens with zero attached hydrogens (tertiary/aromatic N) is 1. The van der Waals surface area contributed by atoms with Crippen molar-refractivity contribution in [3.63, 3.8) is 0 Å². The zero-order valence-corrected chi connectivity index (χ0v) is 27.6. The SMILES string of the molecule is CCC(C)C(CN(CC(=O)NC(CCSC)C(=O)OC)Cc1cccc2ccccc12)NC(=O)CCc1c[nH]c2ccccc12. The largest absolute Gasteiger partial charge is 0.467 e. The summed E-state index contributed by atoms with van der Waals surface area (Å²) in [4.78, 5) is 44.5. The van der Waals surface area contributed by atoms with Crippen LogP contribution in [0.2, 0.25) is 0 Å². The monoisotopic (exact) mass is 630 g/mol. The Bertz CT molecular complexity index is 1570. The molecule has 0 aliphatic carbocycles. The van der Waals surface area contributed by atoms with Crippen LogP contribution in [-0.4, -0.2) is 72.0 Å². The number of hydrogen-bond acceptors (Lipinski definition) is 6. The Morgan fingerprint density at radius 3 is 2.42 bits per heavy atom. The molecule has 3 N–H and O–H groups in total. The maximum absolute atomic E-state index is 13.4. The fraction of sp³-hybridized carbons (Fsp3) is 0.417. The molecule has 45 heavy (non-hydrogen) atoms. The van der Waals surface area contributed by atoms with Crippen molar-refractivity contribution < 1.29 is 19.1 Å². The van der Waals surface area contributed by atoms with Crippen LogP contribution in [0.15, 0.2) is 72.9 Å². The fourth-order valence-corrected chi connectivity index (χ4v) is 6.19. The molecule has 4 aromatic rings. The van der Waals surface area contributed by atoms with Gasteiger partial charge in [-0.3, -0.25) is 14.5 Å². The number of hydrogen-bond donors (Lipinski definition) is 3. The number of thioether (sulfide) groups is 1. The number of aromatic nitrogens is 1. The predicted octanol–water partition coefficient (Wildman–Crippen LogP) is 5.70. The molecule has 0 radical (unpaired) electrons. The minimum atomic E-state index is -0.705. The number of rotatable bonds is 17. The molecule has 0 saturated carbocycles. The molecular formula is C36H46N4O4S. The first kappa shape index (κ1) is 34.1. The Morgan fingerprint density at radius 2 is 1.67 bits per heavy atom. The number of nitrogens with one attached hydrogen (secondary N) is 3. The Balaban J connectivity index is 1.51. The van der Waals surface area contributed by atoms with Gasteiger partial charge in [-0.25, -0.2) is 4.79 Å². The topological polar surface area (TPSA) is 104 Å². The molecule has 0 bridgehead atoms. The van der Waals surface area contributed by atoms with Crippen LogP contribution < -0.4 is 10.6 Å². The van der Waals surface area contributed by atoms with E-state index in [1.54, 1.807) is 11.8 Å². The van der Waals surface area contributed by atoms with Crippen molar-refractivity contribution in [1.82, 2.24) is 20.5 Å². The van der Waals surface area contributed by atoms with E-state index in [0.717, 1.165) is 45.0 Å². The maximum atomic E-state index is 13.4. The Hall–Kier alpha value is -3.82. The van der Waals surface area contributed by atoms with Gasteiger partial charge in [0.25, 0.3) is 0 Å². The number of carbonyl (C=O) groups is 3. The van der Waals surface area contributed by atoms with E-state index in [1.165, 1.54) is 7.11 Å². The lowest BCUT2D eigenvalue weighted by atomic mass is 9.97. The third kappa shape index (κ3) is 9.58. The van der Waals surface area contributed by atoms with Gasteiger partial charge in [-0.1, -0.05) is 80.9 Å². The second-order valence-electron chi connectivity index (χ2n) is 11.7. The van der Waals surface area contributed by atoms with Crippen molar-refractivity contribution in [2.45, 2.75) is 58.2 Å². The summed E-state index contributed by atoms with van der Waals surface area (Å²) in [6, 6.07) is 21.7. The minimum absolute atomic E-state index is 0.0111. The third-order valence-electron chi connectivity index (χ3n) is 8.50. The van der Waals surface area contributed by atoms with Gasteiger partial charge < -0.3 is 20.4 Å². The molecule has 0 spiro atoms. The highest BCUT2D eigenvalue weighted by atomic mass is 32.2. The van der Waals surface area contributed by atoms with E-state index in [0.29, 0.717) is 32.4 Å². The van der Waals surface area contributed by atoms with Crippen LogP contribution in [0, 0.1) is 5.92 Å². The molecule has 0 aliphatic heterocycles. The van der Waals surface area contributed by atoms with Gasteiger partial charge in [-0.2, -0.15) is 11.8 Å². The number of para-hydroxylation sites is 1. The number of H-pyrrole nitrogens is 1. The van der Waals surface area contributed by atoms with Gasteiger partial charge >= 0.3 is 5.97 Å². The van der Waals surface area contributed by atoms with Crippen LogP contribution in [0.25, 0.3) is 21.7 Å². The van der Waals surface area contributed by atoms with Crippen LogP contribution in [0.5, 0.6) is 0 Å². The van der Waals surface area contributed by atoms with Crippen LogP contribution in [0.1, 0.15) is 44.2 Å². The number of fused-ring (bicyclic) bond motifs is 2. The average molecular weight is 631 g/mol. The van der Waals surface area contributed by atoms with Gasteiger partial charge in [-0.05, 0) is 58.7 Å². The number of carbonyl (C=O) groups excluding carboxylic acids is 3. The number of methoxy groups -OCH3 is 1. The molecule has 0 saturated heterocycles.